The van der Waals surface area contributed by atoms with E-state index in [1.54, 1.807) is 7.11 Å². The molecule has 0 radical (unpaired) electrons. The van der Waals surface area contributed by atoms with Crippen molar-refractivity contribution in [3.05, 3.63) is 28.2 Å². The first kappa shape index (κ1) is 12.9. The molecule has 0 spiro atoms. The molecule has 0 aliphatic carbocycles. The van der Waals surface area contributed by atoms with E-state index >= 15 is 0 Å². The molecular weight excluding hydrogens is 284 g/mol. The van der Waals surface area contributed by atoms with Crippen LogP contribution in [0.2, 0.25) is 0 Å². The summed E-state index contributed by atoms with van der Waals surface area (Å²) in [7, 11) is 1.65. The van der Waals surface area contributed by atoms with Crippen LogP contribution in [0, 0.1) is 0 Å². The second kappa shape index (κ2) is 5.38. The van der Waals surface area contributed by atoms with E-state index in [4.69, 9.17) is 9.47 Å². The van der Waals surface area contributed by atoms with E-state index in [0.29, 0.717) is 32.5 Å². The van der Waals surface area contributed by atoms with Crippen molar-refractivity contribution in [2.45, 2.75) is 24.9 Å². The van der Waals surface area contributed by atoms with Crippen LogP contribution in [0.1, 0.15) is 18.4 Å². The van der Waals surface area contributed by atoms with Crippen molar-refractivity contribution in [2.24, 2.45) is 0 Å². The van der Waals surface area contributed by atoms with Crippen molar-refractivity contribution >= 4 is 15.9 Å². The molecule has 1 aliphatic rings. The summed E-state index contributed by atoms with van der Waals surface area (Å²) in [6, 6.07) is 5.87. The van der Waals surface area contributed by atoms with Gasteiger partial charge in [-0.05, 0) is 36.6 Å². The third-order valence-corrected chi connectivity index (χ3v) is 3.68. The Kier molecular flexibility index (Phi) is 4.07. The van der Waals surface area contributed by atoms with Crippen LogP contribution < -0.4 is 4.74 Å². The molecule has 1 saturated heterocycles. The van der Waals surface area contributed by atoms with Crippen LogP contribution >= 0.6 is 15.9 Å². The summed E-state index contributed by atoms with van der Waals surface area (Å²) in [6.45, 7) is 1.26. The Hall–Kier alpha value is -0.580. The van der Waals surface area contributed by atoms with Gasteiger partial charge in [0.1, 0.15) is 5.75 Å². The maximum absolute atomic E-state index is 10.5. The molecule has 4 heteroatoms. The summed E-state index contributed by atoms with van der Waals surface area (Å²) in [4.78, 5) is 0. The highest BCUT2D eigenvalue weighted by atomic mass is 79.9. The maximum atomic E-state index is 10.5. The fourth-order valence-corrected chi connectivity index (χ4v) is 2.58. The van der Waals surface area contributed by atoms with Gasteiger partial charge in [0.2, 0.25) is 0 Å². The molecule has 1 aromatic rings. The molecule has 0 unspecified atom stereocenters. The molecule has 3 nitrogen and oxygen atoms in total. The Morgan fingerprint density at radius 3 is 2.76 bits per heavy atom. The van der Waals surface area contributed by atoms with E-state index in [9.17, 15) is 5.11 Å². The van der Waals surface area contributed by atoms with Crippen LogP contribution in [0.25, 0.3) is 0 Å². The number of methoxy groups -OCH3 is 1. The number of halogens is 1. The van der Waals surface area contributed by atoms with Crippen molar-refractivity contribution in [3.63, 3.8) is 0 Å². The van der Waals surface area contributed by atoms with Crippen molar-refractivity contribution in [1.82, 2.24) is 0 Å². The Labute approximate surface area is 110 Å². The van der Waals surface area contributed by atoms with Crippen LogP contribution in [0.5, 0.6) is 5.75 Å². The molecule has 2 rings (SSSR count). The van der Waals surface area contributed by atoms with Crippen LogP contribution in [-0.4, -0.2) is 31.0 Å². The standard InChI is InChI=1S/C13H17BrO3/c1-16-12-3-2-11(14)8-10(12)9-13(15)4-6-17-7-5-13/h2-3,8,15H,4-7,9H2,1H3. The molecule has 0 atom stereocenters. The predicted molar refractivity (Wildman–Crippen MR) is 69.4 cm³/mol. The largest absolute Gasteiger partial charge is 0.496 e. The fraction of sp³-hybridized carbons (Fsp3) is 0.538. The minimum atomic E-state index is -0.660. The van der Waals surface area contributed by atoms with Gasteiger partial charge in [-0.1, -0.05) is 15.9 Å². The van der Waals surface area contributed by atoms with Crippen molar-refractivity contribution in [1.29, 1.82) is 0 Å². The monoisotopic (exact) mass is 300 g/mol. The summed E-state index contributed by atoms with van der Waals surface area (Å²) in [5.41, 5.74) is 0.373. The molecule has 17 heavy (non-hydrogen) atoms. The van der Waals surface area contributed by atoms with E-state index in [1.165, 1.54) is 0 Å². The lowest BCUT2D eigenvalue weighted by Gasteiger charge is -2.32. The van der Waals surface area contributed by atoms with Gasteiger partial charge in [0.15, 0.2) is 0 Å². The summed E-state index contributed by atoms with van der Waals surface area (Å²) >= 11 is 3.45. The van der Waals surface area contributed by atoms with Crippen LogP contribution in [0.15, 0.2) is 22.7 Å². The van der Waals surface area contributed by atoms with E-state index in [2.05, 4.69) is 15.9 Å². The normalized spacial score (nSPS) is 19.0. The summed E-state index contributed by atoms with van der Waals surface area (Å²) in [6.07, 6.45) is 1.98. The quantitative estimate of drug-likeness (QED) is 0.932. The van der Waals surface area contributed by atoms with E-state index in [-0.39, 0.29) is 0 Å². The molecule has 94 valence electrons. The molecule has 0 bridgehead atoms. The molecule has 0 amide bonds. The first-order valence-electron chi connectivity index (χ1n) is 5.75. The van der Waals surface area contributed by atoms with E-state index in [1.807, 2.05) is 18.2 Å². The van der Waals surface area contributed by atoms with Gasteiger partial charge in [-0.15, -0.1) is 0 Å². The lowest BCUT2D eigenvalue weighted by molar-refractivity contribution is -0.0628. The summed E-state index contributed by atoms with van der Waals surface area (Å²) < 4.78 is 11.6. The zero-order chi connectivity index (χ0) is 12.3. The molecule has 1 aromatic carbocycles. The molecule has 0 saturated carbocycles. The average Bonchev–Trinajstić information content (AvgIpc) is 2.29. The number of hydrogen-bond donors (Lipinski definition) is 1. The zero-order valence-corrected chi connectivity index (χ0v) is 11.5. The van der Waals surface area contributed by atoms with Crippen molar-refractivity contribution in [3.8, 4) is 5.75 Å². The molecule has 0 aromatic heterocycles. The predicted octanol–water partition coefficient (Wildman–Crippen LogP) is 2.54. The lowest BCUT2D eigenvalue weighted by Crippen LogP contribution is -2.38. The zero-order valence-electron chi connectivity index (χ0n) is 9.91. The minimum absolute atomic E-state index is 0.610. The first-order chi connectivity index (χ1) is 8.13. The molecular formula is C13H17BrO3. The molecule has 1 aliphatic heterocycles. The SMILES string of the molecule is COc1ccc(Br)cc1CC1(O)CCOCC1. The third-order valence-electron chi connectivity index (χ3n) is 3.19. The first-order valence-corrected chi connectivity index (χ1v) is 6.55. The van der Waals surface area contributed by atoms with E-state index < -0.39 is 5.60 Å². The number of benzene rings is 1. The van der Waals surface area contributed by atoms with Gasteiger partial charge in [0.05, 0.1) is 12.7 Å². The minimum Gasteiger partial charge on any atom is -0.496 e. The number of hydrogen-bond acceptors (Lipinski definition) is 3. The number of ether oxygens (including phenoxy) is 2. The van der Waals surface area contributed by atoms with Crippen molar-refractivity contribution < 1.29 is 14.6 Å². The Morgan fingerprint density at radius 1 is 1.41 bits per heavy atom. The molecule has 1 N–H and O–H groups in total. The lowest BCUT2D eigenvalue weighted by atomic mass is 9.87. The van der Waals surface area contributed by atoms with Gasteiger partial charge in [0.25, 0.3) is 0 Å². The van der Waals surface area contributed by atoms with Crippen molar-refractivity contribution in [2.75, 3.05) is 20.3 Å². The highest BCUT2D eigenvalue weighted by molar-refractivity contribution is 9.10. The maximum Gasteiger partial charge on any atom is 0.122 e. The van der Waals surface area contributed by atoms with Crippen LogP contribution in [0.3, 0.4) is 0 Å². The number of rotatable bonds is 3. The van der Waals surface area contributed by atoms with Gasteiger partial charge in [0, 0.05) is 24.1 Å². The summed E-state index contributed by atoms with van der Waals surface area (Å²) in [5.74, 6) is 0.827. The highest BCUT2D eigenvalue weighted by Crippen LogP contribution is 2.31. The Bertz CT molecular complexity index is 386. The fourth-order valence-electron chi connectivity index (χ4n) is 2.17. The van der Waals surface area contributed by atoms with Gasteiger partial charge in [-0.2, -0.15) is 0 Å². The average molecular weight is 301 g/mol. The second-order valence-electron chi connectivity index (χ2n) is 4.47. The van der Waals surface area contributed by atoms with Gasteiger partial charge in [-0.3, -0.25) is 0 Å². The topological polar surface area (TPSA) is 38.7 Å². The molecule has 1 fully saturated rings. The second-order valence-corrected chi connectivity index (χ2v) is 5.39. The summed E-state index contributed by atoms with van der Waals surface area (Å²) in [5, 5.41) is 10.5. The highest BCUT2D eigenvalue weighted by Gasteiger charge is 2.30. The van der Waals surface area contributed by atoms with Crippen LogP contribution in [-0.2, 0) is 11.2 Å². The van der Waals surface area contributed by atoms with E-state index in [0.717, 1.165) is 15.8 Å². The van der Waals surface area contributed by atoms with Crippen LogP contribution in [0.4, 0.5) is 0 Å². The Morgan fingerprint density at radius 2 is 2.12 bits per heavy atom. The van der Waals surface area contributed by atoms with Gasteiger partial charge >= 0.3 is 0 Å². The van der Waals surface area contributed by atoms with Gasteiger partial charge < -0.3 is 14.6 Å². The Balaban J connectivity index is 2.19. The smallest absolute Gasteiger partial charge is 0.122 e. The molecule has 1 heterocycles. The van der Waals surface area contributed by atoms with Gasteiger partial charge in [-0.25, -0.2) is 0 Å². The number of aliphatic hydroxyl groups is 1. The third kappa shape index (κ3) is 3.21.